The lowest BCUT2D eigenvalue weighted by atomic mass is 10.1. The molecule has 0 saturated carbocycles. The van der Waals surface area contributed by atoms with E-state index in [2.05, 4.69) is 4.72 Å². The van der Waals surface area contributed by atoms with Crippen LogP contribution in [-0.2, 0) is 21.2 Å². The van der Waals surface area contributed by atoms with Crippen molar-refractivity contribution in [2.45, 2.75) is 24.3 Å². The molecule has 0 amide bonds. The van der Waals surface area contributed by atoms with E-state index in [0.717, 1.165) is 11.1 Å². The number of sulfonamides is 1. The third-order valence-electron chi connectivity index (χ3n) is 3.21. The first kappa shape index (κ1) is 16.7. The minimum Gasteiger partial charge on any atom is -0.281 e. The summed E-state index contributed by atoms with van der Waals surface area (Å²) < 4.78 is 27.1. The average Bonchev–Trinajstić information content (AvgIpc) is 2.48. The van der Waals surface area contributed by atoms with E-state index >= 15 is 0 Å². The van der Waals surface area contributed by atoms with Gasteiger partial charge in [0.15, 0.2) is 0 Å². The molecule has 0 saturated heterocycles. The van der Waals surface area contributed by atoms with Crippen LogP contribution in [0.1, 0.15) is 24.1 Å². The van der Waals surface area contributed by atoms with Crippen molar-refractivity contribution in [3.63, 3.8) is 0 Å². The standard InChI is InChI=1S/C16H16ClNO3S/c1-12(14-9-7-13(8-10-14)11-16(17)19)18-22(20,21)15-5-3-2-4-6-15/h2-10,12,18H,11H2,1H3. The summed E-state index contributed by atoms with van der Waals surface area (Å²) in [6.45, 7) is 1.77. The van der Waals surface area contributed by atoms with Crippen molar-refractivity contribution in [2.24, 2.45) is 0 Å². The fourth-order valence-electron chi connectivity index (χ4n) is 2.05. The summed E-state index contributed by atoms with van der Waals surface area (Å²) >= 11 is 5.34. The Balaban J connectivity index is 2.12. The van der Waals surface area contributed by atoms with Crippen LogP contribution in [-0.4, -0.2) is 13.7 Å². The number of carbonyl (C=O) groups is 1. The summed E-state index contributed by atoms with van der Waals surface area (Å²) in [5, 5.41) is -0.425. The molecule has 2 rings (SSSR count). The van der Waals surface area contributed by atoms with Crippen molar-refractivity contribution in [3.05, 3.63) is 65.7 Å². The molecule has 1 unspecified atom stereocenters. The maximum Gasteiger partial charge on any atom is 0.241 e. The topological polar surface area (TPSA) is 63.2 Å². The number of nitrogens with one attached hydrogen (secondary N) is 1. The Bertz CT molecular complexity index is 743. The Morgan fingerprint density at radius 1 is 1.09 bits per heavy atom. The lowest BCUT2D eigenvalue weighted by Gasteiger charge is -2.15. The van der Waals surface area contributed by atoms with Gasteiger partial charge in [0, 0.05) is 12.5 Å². The number of halogens is 1. The molecule has 0 spiro atoms. The first-order chi connectivity index (χ1) is 10.4. The molecule has 1 atom stereocenters. The van der Waals surface area contributed by atoms with E-state index in [1.165, 1.54) is 0 Å². The molecule has 1 N–H and O–H groups in total. The van der Waals surface area contributed by atoms with Crippen LogP contribution in [0.2, 0.25) is 0 Å². The lowest BCUT2D eigenvalue weighted by molar-refractivity contribution is -0.111. The van der Waals surface area contributed by atoms with Crippen molar-refractivity contribution in [3.8, 4) is 0 Å². The molecule has 0 fully saturated rings. The molecule has 6 heteroatoms. The molecule has 0 heterocycles. The molecule has 0 radical (unpaired) electrons. The SMILES string of the molecule is CC(NS(=O)(=O)c1ccccc1)c1ccc(CC(=O)Cl)cc1. The van der Waals surface area contributed by atoms with Crippen molar-refractivity contribution in [1.82, 2.24) is 4.72 Å². The second-order valence-electron chi connectivity index (χ2n) is 4.93. The van der Waals surface area contributed by atoms with Crippen LogP contribution in [0, 0.1) is 0 Å². The fourth-order valence-corrected chi connectivity index (χ4v) is 3.46. The largest absolute Gasteiger partial charge is 0.281 e. The third-order valence-corrected chi connectivity index (χ3v) is 4.90. The summed E-state index contributed by atoms with van der Waals surface area (Å²) in [4.78, 5) is 11.1. The lowest BCUT2D eigenvalue weighted by Crippen LogP contribution is -2.26. The highest BCUT2D eigenvalue weighted by Gasteiger charge is 2.17. The Kier molecular flexibility index (Phi) is 5.34. The zero-order chi connectivity index (χ0) is 16.2. The molecular weight excluding hydrogens is 322 g/mol. The van der Waals surface area contributed by atoms with Gasteiger partial charge in [-0.15, -0.1) is 0 Å². The highest BCUT2D eigenvalue weighted by Crippen LogP contribution is 2.18. The van der Waals surface area contributed by atoms with Crippen molar-refractivity contribution in [2.75, 3.05) is 0 Å². The van der Waals surface area contributed by atoms with Crippen molar-refractivity contribution >= 4 is 26.9 Å². The minimum absolute atomic E-state index is 0.159. The van der Waals surface area contributed by atoms with E-state index in [9.17, 15) is 13.2 Å². The van der Waals surface area contributed by atoms with E-state index in [0.29, 0.717) is 0 Å². The van der Waals surface area contributed by atoms with Gasteiger partial charge in [-0.25, -0.2) is 13.1 Å². The minimum atomic E-state index is -3.56. The summed E-state index contributed by atoms with van der Waals surface area (Å²) in [5.41, 5.74) is 1.60. The second-order valence-corrected chi connectivity index (χ2v) is 7.07. The molecule has 2 aromatic rings. The number of hydrogen-bond donors (Lipinski definition) is 1. The van der Waals surface area contributed by atoms with Crippen LogP contribution < -0.4 is 4.72 Å². The quantitative estimate of drug-likeness (QED) is 0.824. The predicted molar refractivity (Wildman–Crippen MR) is 86.2 cm³/mol. The average molecular weight is 338 g/mol. The number of hydrogen-bond acceptors (Lipinski definition) is 3. The molecule has 0 aromatic heterocycles. The van der Waals surface area contributed by atoms with Crippen LogP contribution in [0.5, 0.6) is 0 Å². The molecule has 0 aliphatic carbocycles. The van der Waals surface area contributed by atoms with Gasteiger partial charge in [-0.2, -0.15) is 0 Å². The molecule has 116 valence electrons. The van der Waals surface area contributed by atoms with Crippen LogP contribution in [0.15, 0.2) is 59.5 Å². The molecule has 0 bridgehead atoms. The monoisotopic (exact) mass is 337 g/mol. The van der Waals surface area contributed by atoms with Gasteiger partial charge in [-0.1, -0.05) is 42.5 Å². The van der Waals surface area contributed by atoms with Crippen molar-refractivity contribution in [1.29, 1.82) is 0 Å². The van der Waals surface area contributed by atoms with Crippen LogP contribution >= 0.6 is 11.6 Å². The maximum absolute atomic E-state index is 12.3. The Labute approximate surface area is 135 Å². The first-order valence-corrected chi connectivity index (χ1v) is 8.59. The zero-order valence-corrected chi connectivity index (χ0v) is 13.6. The van der Waals surface area contributed by atoms with E-state index in [1.54, 1.807) is 61.5 Å². The predicted octanol–water partition coefficient (Wildman–Crippen LogP) is 3.03. The van der Waals surface area contributed by atoms with Gasteiger partial charge in [-0.05, 0) is 41.8 Å². The van der Waals surface area contributed by atoms with E-state index in [4.69, 9.17) is 11.6 Å². The number of rotatable bonds is 6. The Morgan fingerprint density at radius 3 is 2.23 bits per heavy atom. The molecule has 4 nitrogen and oxygen atoms in total. The van der Waals surface area contributed by atoms with Gasteiger partial charge in [-0.3, -0.25) is 4.79 Å². The second kappa shape index (κ2) is 7.05. The van der Waals surface area contributed by atoms with Gasteiger partial charge in [0.2, 0.25) is 15.3 Å². The zero-order valence-electron chi connectivity index (χ0n) is 12.0. The number of benzene rings is 2. The summed E-state index contributed by atoms with van der Waals surface area (Å²) in [6.07, 6.45) is 0.159. The molecule has 0 aliphatic rings. The van der Waals surface area contributed by atoms with Crippen LogP contribution in [0.25, 0.3) is 0 Å². The van der Waals surface area contributed by atoms with E-state index in [1.807, 2.05) is 0 Å². The smallest absolute Gasteiger partial charge is 0.241 e. The summed E-state index contributed by atoms with van der Waals surface area (Å²) in [5.74, 6) is 0. The third kappa shape index (κ3) is 4.40. The highest BCUT2D eigenvalue weighted by molar-refractivity contribution is 7.89. The Morgan fingerprint density at radius 2 is 1.68 bits per heavy atom. The highest BCUT2D eigenvalue weighted by atomic mass is 35.5. The van der Waals surface area contributed by atoms with E-state index in [-0.39, 0.29) is 17.4 Å². The number of carbonyl (C=O) groups excluding carboxylic acids is 1. The fraction of sp³-hybridized carbons (Fsp3) is 0.188. The van der Waals surface area contributed by atoms with Gasteiger partial charge in [0.05, 0.1) is 4.90 Å². The van der Waals surface area contributed by atoms with Crippen LogP contribution in [0.4, 0.5) is 0 Å². The maximum atomic E-state index is 12.3. The molecule has 0 aliphatic heterocycles. The normalized spacial score (nSPS) is 12.8. The molecule has 22 heavy (non-hydrogen) atoms. The van der Waals surface area contributed by atoms with Gasteiger partial charge < -0.3 is 0 Å². The summed E-state index contributed by atoms with van der Waals surface area (Å²) in [7, 11) is -3.56. The molecular formula is C16H16ClNO3S. The first-order valence-electron chi connectivity index (χ1n) is 6.73. The summed E-state index contributed by atoms with van der Waals surface area (Å²) in [6, 6.07) is 14.9. The van der Waals surface area contributed by atoms with Gasteiger partial charge in [0.25, 0.3) is 0 Å². The van der Waals surface area contributed by atoms with Crippen LogP contribution in [0.3, 0.4) is 0 Å². The Hall–Kier alpha value is -1.69. The van der Waals surface area contributed by atoms with Crippen molar-refractivity contribution < 1.29 is 13.2 Å². The van der Waals surface area contributed by atoms with E-state index < -0.39 is 15.3 Å². The van der Waals surface area contributed by atoms with Gasteiger partial charge >= 0.3 is 0 Å². The molecule has 2 aromatic carbocycles. The van der Waals surface area contributed by atoms with Gasteiger partial charge in [0.1, 0.15) is 0 Å².